The fourth-order valence-corrected chi connectivity index (χ4v) is 10.0. The lowest BCUT2D eigenvalue weighted by atomic mass is 9.82. The largest absolute Gasteiger partial charge is 0.390 e. The van der Waals surface area contributed by atoms with Crippen LogP contribution in [0.5, 0.6) is 0 Å². The molecule has 0 amide bonds. The SMILES string of the molecule is C.C.Cc1nn(C[C@@H](O)[C@@H]2Cc3ccccc3CN2)c(=O)c2ccccc12.Cc1nn(C[C@@H](O)[C@@H]2Cc3ccccc3CN2[B]C=O)c(=O)c2ccccc12.Cl.O=C[B]N1Cc2ccccc2C[C@H]1[C@H]1CO1. The second-order valence-corrected chi connectivity index (χ2v) is 18.2. The number of aryl methyl sites for hydroxylation is 2. The van der Waals surface area contributed by atoms with Gasteiger partial charge in [-0.1, -0.05) is 124 Å². The highest BCUT2D eigenvalue weighted by atomic mass is 35.5. The van der Waals surface area contributed by atoms with Gasteiger partial charge in [0, 0.05) is 48.5 Å². The number of aliphatic hydroxyl groups excluding tert-OH is 2. The van der Waals surface area contributed by atoms with Crippen molar-refractivity contribution in [3.63, 3.8) is 0 Å². The van der Waals surface area contributed by atoms with Gasteiger partial charge in [-0.25, -0.2) is 9.36 Å². The van der Waals surface area contributed by atoms with E-state index in [9.17, 15) is 29.4 Å². The van der Waals surface area contributed by atoms with Gasteiger partial charge in [0.2, 0.25) is 0 Å². The average Bonchev–Trinajstić information content (AvgIpc) is 4.23. The van der Waals surface area contributed by atoms with Crippen LogP contribution in [-0.4, -0.2) is 110 Å². The van der Waals surface area contributed by atoms with Gasteiger partial charge in [0.05, 0.1) is 72.5 Å². The molecular formula is C55H64B2ClN7O7. The molecule has 2 aromatic heterocycles. The summed E-state index contributed by atoms with van der Waals surface area (Å²) >= 11 is 0. The van der Waals surface area contributed by atoms with Gasteiger partial charge < -0.3 is 39.5 Å². The Morgan fingerprint density at radius 1 is 0.611 bits per heavy atom. The highest BCUT2D eigenvalue weighted by Crippen LogP contribution is 2.30. The number of aliphatic hydroxyl groups is 2. The van der Waals surface area contributed by atoms with E-state index >= 15 is 0 Å². The first-order chi connectivity index (χ1) is 33.6. The first-order valence-electron chi connectivity index (χ1n) is 23.5. The Hall–Kier alpha value is -6.10. The quantitative estimate of drug-likeness (QED) is 0.0857. The van der Waals surface area contributed by atoms with Gasteiger partial charge in [0.15, 0.2) is 0 Å². The number of hydrogen-bond acceptors (Lipinski definition) is 12. The van der Waals surface area contributed by atoms with Crippen LogP contribution in [0, 0.1) is 13.8 Å². The fourth-order valence-electron chi connectivity index (χ4n) is 10.0. The maximum atomic E-state index is 12.8. The topological polar surface area (TPSA) is 175 Å². The number of fused-ring (bicyclic) bond motifs is 5. The van der Waals surface area contributed by atoms with Crippen molar-refractivity contribution in [1.29, 1.82) is 0 Å². The summed E-state index contributed by atoms with van der Waals surface area (Å²) in [6.45, 7) is 6.93. The molecule has 17 heteroatoms. The van der Waals surface area contributed by atoms with Crippen LogP contribution in [0.1, 0.15) is 59.6 Å². The number of carbonyl (C=O) groups is 2. The minimum absolute atomic E-state index is 0. The number of nitrogens with one attached hydrogen (secondary N) is 1. The van der Waals surface area contributed by atoms with E-state index in [4.69, 9.17) is 4.74 Å². The number of epoxide rings is 1. The number of carbonyl (C=O) groups excluding carboxylic acids is 2. The number of hydrogen-bond donors (Lipinski definition) is 3. The number of rotatable bonds is 11. The molecule has 1 saturated heterocycles. The smallest absolute Gasteiger partial charge is 0.293 e. The summed E-state index contributed by atoms with van der Waals surface area (Å²) in [5.41, 5.74) is 8.67. The summed E-state index contributed by atoms with van der Waals surface area (Å²) < 4.78 is 8.09. The van der Waals surface area contributed by atoms with Gasteiger partial charge in [-0.2, -0.15) is 10.2 Å². The average molecular weight is 992 g/mol. The van der Waals surface area contributed by atoms with Crippen LogP contribution in [0.4, 0.5) is 0 Å². The van der Waals surface area contributed by atoms with Gasteiger partial charge in [0.25, 0.3) is 25.9 Å². The molecular weight excluding hydrogens is 928 g/mol. The van der Waals surface area contributed by atoms with Crippen molar-refractivity contribution < 1.29 is 24.5 Å². The molecule has 0 unspecified atom stereocenters. The zero-order chi connectivity index (χ0) is 48.0. The van der Waals surface area contributed by atoms with Crippen LogP contribution in [0.25, 0.3) is 21.5 Å². The predicted molar refractivity (Wildman–Crippen MR) is 289 cm³/mol. The summed E-state index contributed by atoms with van der Waals surface area (Å²) in [5, 5.41) is 36.7. The molecule has 0 bridgehead atoms. The lowest BCUT2D eigenvalue weighted by Crippen LogP contribution is -2.51. The molecule has 6 atom stereocenters. The maximum Gasteiger partial charge on any atom is 0.293 e. The Labute approximate surface area is 429 Å². The van der Waals surface area contributed by atoms with Crippen molar-refractivity contribution in [3.8, 4) is 0 Å². The van der Waals surface area contributed by atoms with E-state index in [0.29, 0.717) is 35.9 Å². The van der Waals surface area contributed by atoms with Gasteiger partial charge in [-0.05, 0) is 78.6 Å². The van der Waals surface area contributed by atoms with Crippen molar-refractivity contribution in [2.45, 2.75) is 117 Å². The molecule has 0 aliphatic carbocycles. The molecule has 4 aliphatic heterocycles. The molecule has 7 aromatic rings. The zero-order valence-electron chi connectivity index (χ0n) is 39.2. The molecule has 3 N–H and O–H groups in total. The molecule has 1 fully saturated rings. The predicted octanol–water partition coefficient (Wildman–Crippen LogP) is 5.40. The van der Waals surface area contributed by atoms with Crippen molar-refractivity contribution in [2.75, 3.05) is 6.61 Å². The maximum absolute atomic E-state index is 12.8. The van der Waals surface area contributed by atoms with Crippen molar-refractivity contribution in [1.82, 2.24) is 34.5 Å². The van der Waals surface area contributed by atoms with E-state index in [2.05, 4.69) is 50.7 Å². The standard InChI is InChI=1S/C21H21BN3O3.C20H21N3O2.C12H13BNO2.2CH4.ClH/c1-14-17-8-4-5-9-18(17)21(28)25(23-14)12-20(27)19-10-15-6-2-3-7-16(15)11-24(19)22-13-26;1-13-16-8-4-5-9-17(16)20(25)23(22-13)12-19(24)18-10-14-6-2-3-7-15(14)11-21-18;15-8-13-14-6-10-4-2-1-3-9(10)5-11(14)12-7-16-12;;;/h2-9,13,19-20,27H,10-12H2,1H3;2-9,18-19,21,24H,10-12H2,1H3;1-4,8,11-12H,5-7H2;2*1H4;1H/t19-,20+;18-,19+;11-,12+;;;/m000.../s1. The molecule has 4 aliphatic rings. The minimum Gasteiger partial charge on any atom is -0.390 e. The monoisotopic (exact) mass is 991 g/mol. The Bertz CT molecular complexity index is 3100. The van der Waals surface area contributed by atoms with Gasteiger partial charge in [-0.15, -0.1) is 12.4 Å². The summed E-state index contributed by atoms with van der Waals surface area (Å²) in [6, 6.07) is 39.4. The Kier molecular flexibility index (Phi) is 19.2. The van der Waals surface area contributed by atoms with Crippen LogP contribution in [0.15, 0.2) is 131 Å². The van der Waals surface area contributed by atoms with E-state index < -0.39 is 12.2 Å². The van der Waals surface area contributed by atoms with Crippen LogP contribution >= 0.6 is 12.4 Å². The van der Waals surface area contributed by atoms with E-state index in [1.807, 2.05) is 104 Å². The summed E-state index contributed by atoms with van der Waals surface area (Å²) in [5.74, 6) is 0. The third-order valence-electron chi connectivity index (χ3n) is 13.8. The summed E-state index contributed by atoms with van der Waals surface area (Å²) in [6.07, 6.45) is 2.70. The van der Waals surface area contributed by atoms with E-state index in [0.717, 1.165) is 78.2 Å². The number of benzene rings is 5. The Morgan fingerprint density at radius 2 is 1.03 bits per heavy atom. The van der Waals surface area contributed by atoms with Crippen LogP contribution in [-0.2, 0) is 66.3 Å². The number of nitrogens with zero attached hydrogens (tertiary/aromatic N) is 6. The van der Waals surface area contributed by atoms with Crippen LogP contribution in [0.3, 0.4) is 0 Å². The molecule has 2 radical (unpaired) electrons. The van der Waals surface area contributed by atoms with Crippen molar-refractivity contribution in [2.24, 2.45) is 0 Å². The molecule has 72 heavy (non-hydrogen) atoms. The Balaban J connectivity index is 0.000000178. The molecule has 5 aromatic carbocycles. The molecule has 14 nitrogen and oxygen atoms in total. The second-order valence-electron chi connectivity index (χ2n) is 18.2. The third-order valence-corrected chi connectivity index (χ3v) is 13.8. The molecule has 6 heterocycles. The Morgan fingerprint density at radius 3 is 1.54 bits per heavy atom. The lowest BCUT2D eigenvalue weighted by molar-refractivity contribution is 0.0631. The number of aromatic nitrogens is 4. The molecule has 374 valence electrons. The van der Waals surface area contributed by atoms with Crippen LogP contribution < -0.4 is 16.4 Å². The van der Waals surface area contributed by atoms with Gasteiger partial charge in [0.1, 0.15) is 0 Å². The van der Waals surface area contributed by atoms with E-state index in [-0.39, 0.29) is 63.6 Å². The third kappa shape index (κ3) is 12.4. The lowest BCUT2D eigenvalue weighted by Gasteiger charge is -2.38. The van der Waals surface area contributed by atoms with Crippen molar-refractivity contribution in [3.05, 3.63) is 187 Å². The molecule has 0 saturated carbocycles. The molecule has 11 rings (SSSR count). The highest BCUT2D eigenvalue weighted by Gasteiger charge is 2.39. The van der Waals surface area contributed by atoms with Gasteiger partial charge in [-0.3, -0.25) is 9.59 Å². The van der Waals surface area contributed by atoms with Crippen molar-refractivity contribution >= 4 is 61.2 Å². The summed E-state index contributed by atoms with van der Waals surface area (Å²) in [4.78, 5) is 51.2. The van der Waals surface area contributed by atoms with Crippen LogP contribution in [0.2, 0.25) is 0 Å². The number of ether oxygens (including phenoxy) is 1. The normalized spacial score (nSPS) is 19.5. The first-order valence-corrected chi connectivity index (χ1v) is 23.5. The summed E-state index contributed by atoms with van der Waals surface area (Å²) in [7, 11) is 3.11. The van der Waals surface area contributed by atoms with Gasteiger partial charge >= 0.3 is 0 Å². The highest BCUT2D eigenvalue weighted by molar-refractivity contribution is 6.64. The fraction of sp³-hybridized carbons (Fsp3) is 0.345. The minimum atomic E-state index is -0.852. The first kappa shape index (κ1) is 55.2. The molecule has 0 spiro atoms. The van der Waals surface area contributed by atoms with E-state index in [1.54, 1.807) is 13.5 Å². The number of halogens is 1. The zero-order valence-corrected chi connectivity index (χ0v) is 40.0. The van der Waals surface area contributed by atoms with E-state index in [1.165, 1.54) is 39.0 Å². The second kappa shape index (κ2) is 25.0.